The molecule has 0 heterocycles. The first-order chi connectivity index (χ1) is 7.28. The number of hydrogen-bond donors (Lipinski definition) is 2. The monoisotopic (exact) mass is 237 g/mol. The quantitative estimate of drug-likeness (QED) is 0.739. The number of hydrogen-bond acceptors (Lipinski definition) is 2. The molecule has 0 aromatic heterocycles. The highest BCUT2D eigenvalue weighted by atomic mass is 19.4. The number of nitrogens with one attached hydrogen (secondary N) is 1. The van der Waals surface area contributed by atoms with Gasteiger partial charge < -0.3 is 10.4 Å². The minimum absolute atomic E-state index is 0.0376. The molecule has 0 aliphatic heterocycles. The van der Waals surface area contributed by atoms with E-state index in [4.69, 9.17) is 0 Å². The van der Waals surface area contributed by atoms with Gasteiger partial charge in [0.25, 0.3) is 0 Å². The highest BCUT2D eigenvalue weighted by molar-refractivity contribution is 4.95. The Morgan fingerprint density at radius 3 is 2.31 bits per heavy atom. The molecule has 1 unspecified atom stereocenters. The Bertz CT molecular complexity index is 244. The third-order valence-electron chi connectivity index (χ3n) is 3.19. The van der Waals surface area contributed by atoms with Crippen LogP contribution in [-0.2, 0) is 0 Å². The van der Waals surface area contributed by atoms with E-state index in [2.05, 4.69) is 11.9 Å². The van der Waals surface area contributed by atoms with Crippen LogP contribution in [0.1, 0.15) is 32.6 Å². The van der Waals surface area contributed by atoms with Crippen molar-refractivity contribution in [2.45, 2.75) is 56.5 Å². The predicted octanol–water partition coefficient (Wildman–Crippen LogP) is 2.39. The Kier molecular flexibility index (Phi) is 4.02. The molecule has 0 spiro atoms. The summed E-state index contributed by atoms with van der Waals surface area (Å²) >= 11 is 0. The van der Waals surface area contributed by atoms with Gasteiger partial charge in [0.1, 0.15) is 0 Å². The van der Waals surface area contributed by atoms with Crippen molar-refractivity contribution in [2.75, 3.05) is 0 Å². The van der Waals surface area contributed by atoms with E-state index >= 15 is 0 Å². The van der Waals surface area contributed by atoms with Crippen LogP contribution >= 0.6 is 0 Å². The Morgan fingerprint density at radius 1 is 1.44 bits per heavy atom. The summed E-state index contributed by atoms with van der Waals surface area (Å²) < 4.78 is 37.5. The first-order valence-electron chi connectivity index (χ1n) is 5.46. The summed E-state index contributed by atoms with van der Waals surface area (Å²) in [4.78, 5) is 0. The van der Waals surface area contributed by atoms with Gasteiger partial charge in [0.05, 0.1) is 0 Å². The molecule has 0 bridgehead atoms. The SMILES string of the molecule is C=CC(C)NC1CCC(O)(C(F)(F)F)CC1. The van der Waals surface area contributed by atoms with Crippen molar-refractivity contribution in [3.63, 3.8) is 0 Å². The van der Waals surface area contributed by atoms with Gasteiger partial charge in [-0.3, -0.25) is 0 Å². The molecule has 1 aliphatic rings. The van der Waals surface area contributed by atoms with Crippen molar-refractivity contribution in [3.8, 4) is 0 Å². The molecule has 0 saturated heterocycles. The molecule has 94 valence electrons. The average molecular weight is 237 g/mol. The summed E-state index contributed by atoms with van der Waals surface area (Å²) in [6.45, 7) is 5.50. The molecule has 0 aromatic rings. The molecule has 0 radical (unpaired) electrons. The molecule has 5 heteroatoms. The van der Waals surface area contributed by atoms with Crippen molar-refractivity contribution < 1.29 is 18.3 Å². The zero-order chi connectivity index (χ0) is 12.4. The van der Waals surface area contributed by atoms with Crippen LogP contribution in [0.3, 0.4) is 0 Å². The van der Waals surface area contributed by atoms with Gasteiger partial charge in [0.15, 0.2) is 5.60 Å². The summed E-state index contributed by atoms with van der Waals surface area (Å²) in [6.07, 6.45) is -2.56. The van der Waals surface area contributed by atoms with Crippen LogP contribution in [-0.4, -0.2) is 29.0 Å². The predicted molar refractivity (Wildman–Crippen MR) is 56.1 cm³/mol. The van der Waals surface area contributed by atoms with Crippen LogP contribution in [0.4, 0.5) is 13.2 Å². The molecular formula is C11H18F3NO. The lowest BCUT2D eigenvalue weighted by Crippen LogP contribution is -2.51. The maximum Gasteiger partial charge on any atom is 0.417 e. The highest BCUT2D eigenvalue weighted by Gasteiger charge is 2.54. The van der Waals surface area contributed by atoms with Crippen LogP contribution in [0.5, 0.6) is 0 Å². The average Bonchev–Trinajstić information content (AvgIpc) is 2.20. The normalized spacial score (nSPS) is 33.4. The first-order valence-corrected chi connectivity index (χ1v) is 5.46. The molecule has 0 aromatic carbocycles. The smallest absolute Gasteiger partial charge is 0.380 e. The molecule has 16 heavy (non-hydrogen) atoms. The van der Waals surface area contributed by atoms with E-state index < -0.39 is 11.8 Å². The summed E-state index contributed by atoms with van der Waals surface area (Å²) in [5, 5.41) is 12.6. The lowest BCUT2D eigenvalue weighted by Gasteiger charge is -2.38. The summed E-state index contributed by atoms with van der Waals surface area (Å²) in [5.41, 5.74) is -2.48. The summed E-state index contributed by atoms with van der Waals surface area (Å²) in [5.74, 6) is 0. The van der Waals surface area contributed by atoms with Gasteiger partial charge in [-0.1, -0.05) is 6.08 Å². The molecule has 1 rings (SSSR count). The van der Waals surface area contributed by atoms with E-state index in [0.717, 1.165) is 0 Å². The fourth-order valence-corrected chi connectivity index (χ4v) is 1.99. The largest absolute Gasteiger partial charge is 0.417 e. The van der Waals surface area contributed by atoms with Crippen molar-refractivity contribution in [1.29, 1.82) is 0 Å². The van der Waals surface area contributed by atoms with Crippen molar-refractivity contribution in [3.05, 3.63) is 12.7 Å². The second-order valence-electron chi connectivity index (χ2n) is 4.49. The second kappa shape index (κ2) is 4.75. The maximum absolute atomic E-state index is 12.5. The fourth-order valence-electron chi connectivity index (χ4n) is 1.99. The highest BCUT2D eigenvalue weighted by Crippen LogP contribution is 2.41. The van der Waals surface area contributed by atoms with E-state index in [0.29, 0.717) is 12.8 Å². The van der Waals surface area contributed by atoms with Gasteiger partial charge >= 0.3 is 6.18 Å². The molecule has 0 amide bonds. The van der Waals surface area contributed by atoms with Gasteiger partial charge in [-0.15, -0.1) is 6.58 Å². The lowest BCUT2D eigenvalue weighted by molar-refractivity contribution is -0.270. The summed E-state index contributed by atoms with van der Waals surface area (Å²) in [6, 6.07) is 0.123. The van der Waals surface area contributed by atoms with E-state index in [9.17, 15) is 18.3 Å². The Hall–Kier alpha value is -0.550. The van der Waals surface area contributed by atoms with Crippen LogP contribution in [0, 0.1) is 0 Å². The summed E-state index contributed by atoms with van der Waals surface area (Å²) in [7, 11) is 0. The minimum Gasteiger partial charge on any atom is -0.380 e. The van der Waals surface area contributed by atoms with Crippen LogP contribution < -0.4 is 5.32 Å². The van der Waals surface area contributed by atoms with E-state index in [1.807, 2.05) is 6.92 Å². The maximum atomic E-state index is 12.5. The Morgan fingerprint density at radius 2 is 1.94 bits per heavy atom. The van der Waals surface area contributed by atoms with E-state index in [1.165, 1.54) is 0 Å². The molecule has 1 aliphatic carbocycles. The van der Waals surface area contributed by atoms with Crippen LogP contribution in [0.15, 0.2) is 12.7 Å². The number of alkyl halides is 3. The van der Waals surface area contributed by atoms with Crippen molar-refractivity contribution in [2.24, 2.45) is 0 Å². The van der Waals surface area contributed by atoms with Crippen LogP contribution in [0.25, 0.3) is 0 Å². The zero-order valence-electron chi connectivity index (χ0n) is 9.35. The van der Waals surface area contributed by atoms with Gasteiger partial charge in [-0.05, 0) is 32.6 Å². The first kappa shape index (κ1) is 13.5. The minimum atomic E-state index is -4.51. The standard InChI is InChI=1S/C11H18F3NO/c1-3-8(2)15-9-4-6-10(16,7-5-9)11(12,13)14/h3,8-9,15-16H,1,4-7H2,2H3. The van der Waals surface area contributed by atoms with E-state index in [-0.39, 0.29) is 24.9 Å². The third kappa shape index (κ3) is 2.98. The molecule has 1 saturated carbocycles. The third-order valence-corrected chi connectivity index (χ3v) is 3.19. The van der Waals surface area contributed by atoms with Gasteiger partial charge in [-0.2, -0.15) is 13.2 Å². The molecular weight excluding hydrogens is 219 g/mol. The van der Waals surface area contributed by atoms with Crippen molar-refractivity contribution in [1.82, 2.24) is 5.32 Å². The fraction of sp³-hybridized carbons (Fsp3) is 0.818. The zero-order valence-corrected chi connectivity index (χ0v) is 9.35. The van der Waals surface area contributed by atoms with Gasteiger partial charge in [-0.25, -0.2) is 0 Å². The Balaban J connectivity index is 2.48. The molecule has 1 fully saturated rings. The van der Waals surface area contributed by atoms with E-state index in [1.54, 1.807) is 6.08 Å². The lowest BCUT2D eigenvalue weighted by atomic mass is 9.81. The molecule has 2 nitrogen and oxygen atoms in total. The van der Waals surface area contributed by atoms with Crippen LogP contribution in [0.2, 0.25) is 0 Å². The van der Waals surface area contributed by atoms with Crippen molar-refractivity contribution >= 4 is 0 Å². The second-order valence-corrected chi connectivity index (χ2v) is 4.49. The number of rotatable bonds is 3. The molecule has 1 atom stereocenters. The topological polar surface area (TPSA) is 32.3 Å². The van der Waals surface area contributed by atoms with Gasteiger partial charge in [0, 0.05) is 12.1 Å². The number of halogens is 3. The Labute approximate surface area is 93.5 Å². The van der Waals surface area contributed by atoms with Gasteiger partial charge in [0.2, 0.25) is 0 Å². The molecule has 2 N–H and O–H groups in total. The number of aliphatic hydroxyl groups is 1.